The average Bonchev–Trinajstić information content (AvgIpc) is 2.40. The molecule has 1 aromatic rings. The molecule has 1 unspecified atom stereocenters. The molecule has 1 saturated heterocycles. The molecular weight excluding hydrogens is 281 g/mol. The largest absolute Gasteiger partial charge is 0.416 e. The Hall–Kier alpha value is -1.56. The molecule has 1 aliphatic heterocycles. The first kappa shape index (κ1) is 15.8. The molecule has 0 aromatic heterocycles. The highest BCUT2D eigenvalue weighted by molar-refractivity contribution is 5.82. The molecule has 1 atom stereocenters. The van der Waals surface area contributed by atoms with Crippen LogP contribution < -0.4 is 0 Å². The molecule has 0 bridgehead atoms. The van der Waals surface area contributed by atoms with Crippen molar-refractivity contribution in [2.75, 3.05) is 20.6 Å². The summed E-state index contributed by atoms with van der Waals surface area (Å²) in [6.45, 7) is 0.522. The van der Waals surface area contributed by atoms with Crippen molar-refractivity contribution >= 4 is 5.91 Å². The van der Waals surface area contributed by atoms with E-state index in [0.29, 0.717) is 6.54 Å². The molecule has 0 aliphatic carbocycles. The van der Waals surface area contributed by atoms with E-state index in [1.165, 1.54) is 17.0 Å². The van der Waals surface area contributed by atoms with Crippen LogP contribution in [0.15, 0.2) is 24.3 Å². The smallest absolute Gasteiger partial charge is 0.337 e. The van der Waals surface area contributed by atoms with Crippen LogP contribution in [0.2, 0.25) is 0 Å². The molecule has 1 aromatic carbocycles. The van der Waals surface area contributed by atoms with Gasteiger partial charge in [-0.3, -0.25) is 9.69 Å². The van der Waals surface area contributed by atoms with Crippen molar-refractivity contribution in [1.29, 1.82) is 0 Å². The van der Waals surface area contributed by atoms with Gasteiger partial charge in [-0.15, -0.1) is 0 Å². The fraction of sp³-hybridized carbons (Fsp3) is 0.533. The number of carbonyl (C=O) groups excluding carboxylic acids is 1. The minimum Gasteiger partial charge on any atom is -0.337 e. The van der Waals surface area contributed by atoms with Crippen LogP contribution in [0.1, 0.15) is 24.0 Å². The summed E-state index contributed by atoms with van der Waals surface area (Å²) in [5.74, 6) is -0.0942. The van der Waals surface area contributed by atoms with Crippen LogP contribution in [0.25, 0.3) is 0 Å². The van der Waals surface area contributed by atoms with Crippen molar-refractivity contribution in [3.8, 4) is 0 Å². The van der Waals surface area contributed by atoms with Gasteiger partial charge in [0.25, 0.3) is 0 Å². The van der Waals surface area contributed by atoms with Gasteiger partial charge in [0.05, 0.1) is 11.6 Å². The molecule has 116 valence electrons. The lowest BCUT2D eigenvalue weighted by Crippen LogP contribution is -2.49. The normalized spacial score (nSPS) is 20.2. The monoisotopic (exact) mass is 300 g/mol. The van der Waals surface area contributed by atoms with E-state index in [2.05, 4.69) is 0 Å². The predicted molar refractivity (Wildman–Crippen MR) is 73.6 cm³/mol. The van der Waals surface area contributed by atoms with Crippen LogP contribution in [0.3, 0.4) is 0 Å². The Kier molecular flexibility index (Phi) is 4.56. The molecule has 0 N–H and O–H groups in total. The van der Waals surface area contributed by atoms with Gasteiger partial charge in [0.1, 0.15) is 0 Å². The average molecular weight is 300 g/mol. The molecule has 1 amide bonds. The van der Waals surface area contributed by atoms with Gasteiger partial charge in [-0.05, 0) is 38.6 Å². The Labute approximate surface area is 122 Å². The van der Waals surface area contributed by atoms with E-state index in [1.54, 1.807) is 6.07 Å². The number of piperidine rings is 1. The standard InChI is InChI=1S/C15H19F3N2O/c1-19(2)13-8-5-9-20(14(13)21)10-11-6-3-4-7-12(11)15(16,17)18/h3-4,6-7,13H,5,8-10H2,1-2H3. The topological polar surface area (TPSA) is 23.6 Å². The van der Waals surface area contributed by atoms with Crippen molar-refractivity contribution in [3.05, 3.63) is 35.4 Å². The molecule has 1 aliphatic rings. The van der Waals surface area contributed by atoms with Gasteiger partial charge < -0.3 is 4.90 Å². The number of carbonyl (C=O) groups is 1. The number of alkyl halides is 3. The summed E-state index contributed by atoms with van der Waals surface area (Å²) in [7, 11) is 3.63. The highest BCUT2D eigenvalue weighted by Gasteiger charge is 2.35. The maximum absolute atomic E-state index is 13.0. The minimum atomic E-state index is -4.39. The van der Waals surface area contributed by atoms with E-state index in [1.807, 2.05) is 19.0 Å². The van der Waals surface area contributed by atoms with Gasteiger partial charge in [0, 0.05) is 13.1 Å². The Balaban J connectivity index is 2.20. The summed E-state index contributed by atoms with van der Waals surface area (Å²) in [6.07, 6.45) is -2.83. The van der Waals surface area contributed by atoms with E-state index >= 15 is 0 Å². The zero-order valence-corrected chi connectivity index (χ0v) is 12.2. The number of hydrogen-bond acceptors (Lipinski definition) is 2. The van der Waals surface area contributed by atoms with Crippen LogP contribution in [-0.4, -0.2) is 42.4 Å². The first-order valence-corrected chi connectivity index (χ1v) is 6.91. The van der Waals surface area contributed by atoms with Crippen LogP contribution in [0.5, 0.6) is 0 Å². The quantitative estimate of drug-likeness (QED) is 0.857. The number of rotatable bonds is 3. The summed E-state index contributed by atoms with van der Waals surface area (Å²) < 4.78 is 39.0. The molecule has 6 heteroatoms. The van der Waals surface area contributed by atoms with Gasteiger partial charge in [-0.25, -0.2) is 0 Å². The first-order valence-electron chi connectivity index (χ1n) is 6.91. The third-order valence-corrected chi connectivity index (χ3v) is 3.81. The maximum Gasteiger partial charge on any atom is 0.416 e. The highest BCUT2D eigenvalue weighted by atomic mass is 19.4. The second-order valence-electron chi connectivity index (χ2n) is 5.54. The minimum absolute atomic E-state index is 0.0128. The maximum atomic E-state index is 13.0. The number of hydrogen-bond donors (Lipinski definition) is 0. The van der Waals surface area contributed by atoms with Crippen molar-refractivity contribution in [3.63, 3.8) is 0 Å². The molecule has 1 heterocycles. The van der Waals surface area contributed by atoms with E-state index in [-0.39, 0.29) is 24.1 Å². The summed E-state index contributed by atoms with van der Waals surface area (Å²) in [5.41, 5.74) is -0.512. The lowest BCUT2D eigenvalue weighted by atomic mass is 10.0. The third kappa shape index (κ3) is 3.56. The Morgan fingerprint density at radius 3 is 2.57 bits per heavy atom. The second-order valence-corrected chi connectivity index (χ2v) is 5.54. The molecule has 0 spiro atoms. The summed E-state index contributed by atoms with van der Waals surface area (Å²) in [5, 5.41) is 0. The van der Waals surface area contributed by atoms with E-state index in [0.717, 1.165) is 18.9 Å². The third-order valence-electron chi connectivity index (χ3n) is 3.81. The molecule has 0 saturated carbocycles. The highest BCUT2D eigenvalue weighted by Crippen LogP contribution is 2.32. The number of benzene rings is 1. The summed E-state index contributed by atoms with van der Waals surface area (Å²) >= 11 is 0. The molecule has 2 rings (SSSR count). The van der Waals surface area contributed by atoms with E-state index in [4.69, 9.17) is 0 Å². The van der Waals surface area contributed by atoms with Gasteiger partial charge >= 0.3 is 6.18 Å². The van der Waals surface area contributed by atoms with Gasteiger partial charge in [0.2, 0.25) is 5.91 Å². The zero-order valence-electron chi connectivity index (χ0n) is 12.2. The van der Waals surface area contributed by atoms with Crippen molar-refractivity contribution < 1.29 is 18.0 Å². The summed E-state index contributed by atoms with van der Waals surface area (Å²) in [4.78, 5) is 15.7. The molecular formula is C15H19F3N2O. The Morgan fingerprint density at radius 2 is 1.95 bits per heavy atom. The van der Waals surface area contributed by atoms with Crippen LogP contribution in [0, 0.1) is 0 Å². The fourth-order valence-corrected chi connectivity index (χ4v) is 2.70. The number of nitrogens with zero attached hydrogens (tertiary/aromatic N) is 2. The van der Waals surface area contributed by atoms with Crippen LogP contribution >= 0.6 is 0 Å². The Morgan fingerprint density at radius 1 is 1.29 bits per heavy atom. The lowest BCUT2D eigenvalue weighted by molar-refractivity contribution is -0.142. The number of likely N-dealkylation sites (tertiary alicyclic amines) is 1. The van der Waals surface area contributed by atoms with Crippen molar-refractivity contribution in [2.24, 2.45) is 0 Å². The van der Waals surface area contributed by atoms with Crippen LogP contribution in [-0.2, 0) is 17.5 Å². The molecule has 21 heavy (non-hydrogen) atoms. The van der Waals surface area contributed by atoms with Crippen LogP contribution in [0.4, 0.5) is 13.2 Å². The molecule has 0 radical (unpaired) electrons. The number of halogens is 3. The van der Waals surface area contributed by atoms with E-state index in [9.17, 15) is 18.0 Å². The van der Waals surface area contributed by atoms with E-state index < -0.39 is 11.7 Å². The fourth-order valence-electron chi connectivity index (χ4n) is 2.70. The molecule has 1 fully saturated rings. The summed E-state index contributed by atoms with van der Waals surface area (Å²) in [6, 6.07) is 5.20. The lowest BCUT2D eigenvalue weighted by Gasteiger charge is -2.35. The zero-order chi connectivity index (χ0) is 15.6. The van der Waals surface area contributed by atoms with Crippen molar-refractivity contribution in [2.45, 2.75) is 31.6 Å². The second kappa shape index (κ2) is 6.05. The first-order chi connectivity index (χ1) is 9.80. The number of amides is 1. The predicted octanol–water partition coefficient (Wildman–Crippen LogP) is 2.76. The SMILES string of the molecule is CN(C)C1CCCN(Cc2ccccc2C(F)(F)F)C1=O. The Bertz CT molecular complexity index is 514. The van der Waals surface area contributed by atoms with Gasteiger partial charge in [-0.2, -0.15) is 13.2 Å². The van der Waals surface area contributed by atoms with Crippen molar-refractivity contribution in [1.82, 2.24) is 9.80 Å². The van der Waals surface area contributed by atoms with Gasteiger partial charge in [0.15, 0.2) is 0 Å². The van der Waals surface area contributed by atoms with Gasteiger partial charge in [-0.1, -0.05) is 18.2 Å². The number of likely N-dealkylation sites (N-methyl/N-ethyl adjacent to an activating group) is 1. The molecule has 3 nitrogen and oxygen atoms in total.